The van der Waals surface area contributed by atoms with Crippen LogP contribution in [0.4, 0.5) is 0 Å². The predicted octanol–water partition coefficient (Wildman–Crippen LogP) is -10.7. The SMILES string of the molecule is O=P([O-])([O-])OC[C@@H](O)[C@@H](O)[C@H](O)[C@H](O)CO.[Li+].[Li+]. The van der Waals surface area contributed by atoms with Gasteiger partial charge in [0.1, 0.15) is 24.4 Å². The second kappa shape index (κ2) is 10.8. The van der Waals surface area contributed by atoms with Crippen LogP contribution in [0.2, 0.25) is 0 Å². The molecule has 0 unspecified atom stereocenters. The van der Waals surface area contributed by atoms with Gasteiger partial charge in [0.2, 0.25) is 0 Å². The Hall–Kier alpha value is 1.10. The molecule has 0 amide bonds. The summed E-state index contributed by atoms with van der Waals surface area (Å²) in [6.45, 7) is -1.92. The molecule has 0 rings (SSSR count). The van der Waals surface area contributed by atoms with Gasteiger partial charge in [-0.05, 0) is 0 Å². The predicted molar refractivity (Wildman–Crippen MR) is 44.7 cm³/mol. The first kappa shape index (κ1) is 24.1. The van der Waals surface area contributed by atoms with Crippen LogP contribution in [-0.4, -0.2) is 63.2 Å². The van der Waals surface area contributed by atoms with Crippen molar-refractivity contribution in [1.29, 1.82) is 0 Å². The number of phosphoric ester groups is 1. The van der Waals surface area contributed by atoms with Gasteiger partial charge < -0.3 is 44.4 Å². The Labute approximate surface area is 127 Å². The molecule has 0 heterocycles. The summed E-state index contributed by atoms with van der Waals surface area (Å²) in [4.78, 5) is 20.0. The van der Waals surface area contributed by atoms with Crippen LogP contribution in [-0.2, 0) is 9.09 Å². The summed E-state index contributed by atoms with van der Waals surface area (Å²) in [7, 11) is -5.28. The first-order chi connectivity index (χ1) is 7.19. The molecule has 0 aliphatic carbocycles. The van der Waals surface area contributed by atoms with E-state index in [9.17, 15) is 14.4 Å². The molecule has 0 radical (unpaired) electrons. The molecule has 0 aromatic heterocycles. The molecule has 0 aliphatic heterocycles. The molecule has 9 nitrogen and oxygen atoms in total. The molecular weight excluding hydrogens is 261 g/mol. The van der Waals surface area contributed by atoms with Crippen LogP contribution in [0, 0.1) is 0 Å². The monoisotopic (exact) mass is 274 g/mol. The van der Waals surface area contributed by atoms with Gasteiger partial charge in [-0.1, -0.05) is 0 Å². The van der Waals surface area contributed by atoms with Crippen LogP contribution in [0.15, 0.2) is 0 Å². The van der Waals surface area contributed by atoms with Crippen molar-refractivity contribution >= 4 is 7.82 Å². The maximum atomic E-state index is 10.0. The van der Waals surface area contributed by atoms with Crippen molar-refractivity contribution in [3.05, 3.63) is 0 Å². The molecular formula is C6H13Li2O9P. The van der Waals surface area contributed by atoms with Crippen molar-refractivity contribution in [1.82, 2.24) is 0 Å². The molecule has 98 valence electrons. The third kappa shape index (κ3) is 9.96. The summed E-state index contributed by atoms with van der Waals surface area (Å²) in [5.74, 6) is 0. The summed E-state index contributed by atoms with van der Waals surface area (Å²) >= 11 is 0. The number of aliphatic hydroxyl groups excluding tert-OH is 5. The first-order valence-electron chi connectivity index (χ1n) is 4.18. The molecule has 0 aromatic carbocycles. The van der Waals surface area contributed by atoms with Crippen molar-refractivity contribution < 1.29 is 82.1 Å². The van der Waals surface area contributed by atoms with Crippen molar-refractivity contribution in [2.45, 2.75) is 24.4 Å². The van der Waals surface area contributed by atoms with Gasteiger partial charge >= 0.3 is 37.7 Å². The smallest absolute Gasteiger partial charge is 0.790 e. The van der Waals surface area contributed by atoms with E-state index in [1.54, 1.807) is 0 Å². The zero-order chi connectivity index (χ0) is 12.9. The van der Waals surface area contributed by atoms with E-state index >= 15 is 0 Å². The van der Waals surface area contributed by atoms with Crippen LogP contribution in [0.3, 0.4) is 0 Å². The van der Waals surface area contributed by atoms with Gasteiger partial charge in [-0.3, -0.25) is 0 Å². The number of hydrogen-bond acceptors (Lipinski definition) is 9. The van der Waals surface area contributed by atoms with E-state index in [0.29, 0.717) is 0 Å². The number of hydrogen-bond donors (Lipinski definition) is 5. The molecule has 0 aliphatic rings. The Kier molecular flexibility index (Phi) is 14.5. The summed E-state index contributed by atoms with van der Waals surface area (Å²) in [6.07, 6.45) is -7.47. The Morgan fingerprint density at radius 1 is 1.00 bits per heavy atom. The Balaban J connectivity index is -0.00000112. The van der Waals surface area contributed by atoms with E-state index in [0.717, 1.165) is 0 Å². The van der Waals surface area contributed by atoms with Gasteiger partial charge in [0, 0.05) is 0 Å². The van der Waals surface area contributed by atoms with Crippen LogP contribution < -0.4 is 47.5 Å². The van der Waals surface area contributed by atoms with Crippen molar-refractivity contribution in [3.63, 3.8) is 0 Å². The fraction of sp³-hybridized carbons (Fsp3) is 1.00. The minimum atomic E-state index is -5.28. The third-order valence-electron chi connectivity index (χ3n) is 1.73. The number of aliphatic hydroxyl groups is 5. The molecule has 5 N–H and O–H groups in total. The third-order valence-corrected chi connectivity index (χ3v) is 2.19. The maximum absolute atomic E-state index is 10.0. The van der Waals surface area contributed by atoms with Gasteiger partial charge in [-0.25, -0.2) is 0 Å². The van der Waals surface area contributed by atoms with E-state index in [1.165, 1.54) is 0 Å². The fourth-order valence-corrected chi connectivity index (χ4v) is 1.16. The maximum Gasteiger partial charge on any atom is 1.00 e. The van der Waals surface area contributed by atoms with E-state index in [1.807, 2.05) is 0 Å². The molecule has 0 saturated heterocycles. The second-order valence-corrected chi connectivity index (χ2v) is 4.19. The average molecular weight is 274 g/mol. The normalized spacial score (nSPS) is 17.9. The number of phosphoric acid groups is 1. The minimum Gasteiger partial charge on any atom is -0.790 e. The Morgan fingerprint density at radius 3 is 1.72 bits per heavy atom. The molecule has 18 heavy (non-hydrogen) atoms. The molecule has 12 heteroatoms. The van der Waals surface area contributed by atoms with Crippen molar-refractivity contribution in [2.24, 2.45) is 0 Å². The zero-order valence-electron chi connectivity index (χ0n) is 10.0. The molecule has 0 bridgehead atoms. The molecule has 4 atom stereocenters. The summed E-state index contributed by atoms with van der Waals surface area (Å²) in [5.41, 5.74) is 0. The topological polar surface area (TPSA) is 174 Å². The zero-order valence-corrected chi connectivity index (χ0v) is 10.9. The largest absolute Gasteiger partial charge is 1.00 e. The molecule has 0 aromatic rings. The molecule has 0 spiro atoms. The van der Waals surface area contributed by atoms with Crippen LogP contribution in [0.25, 0.3) is 0 Å². The van der Waals surface area contributed by atoms with E-state index in [4.69, 9.17) is 25.5 Å². The van der Waals surface area contributed by atoms with Gasteiger partial charge in [-0.15, -0.1) is 0 Å². The summed E-state index contributed by atoms with van der Waals surface area (Å²) < 4.78 is 13.7. The van der Waals surface area contributed by atoms with Gasteiger partial charge in [-0.2, -0.15) is 0 Å². The van der Waals surface area contributed by atoms with Crippen LogP contribution >= 0.6 is 7.82 Å². The number of rotatable bonds is 7. The fourth-order valence-electron chi connectivity index (χ4n) is 0.829. The minimum absolute atomic E-state index is 0. The standard InChI is InChI=1S/C6H15O9P.2Li/c7-1-3(8)5(10)6(11)4(9)2-15-16(12,13)14;;/h3-11H,1-2H2,(H2,12,13,14);;/q;2*+1/p-2/t3-,4-,5-,6-;;/m1../s1. The molecule has 0 saturated carbocycles. The van der Waals surface area contributed by atoms with E-state index in [2.05, 4.69) is 4.52 Å². The van der Waals surface area contributed by atoms with Gasteiger partial charge in [0.15, 0.2) is 0 Å². The summed E-state index contributed by atoms with van der Waals surface area (Å²) in [6, 6.07) is 0. The van der Waals surface area contributed by atoms with Gasteiger partial charge in [0.05, 0.1) is 21.0 Å². The first-order valence-corrected chi connectivity index (χ1v) is 5.65. The van der Waals surface area contributed by atoms with E-state index in [-0.39, 0.29) is 37.7 Å². The quantitative estimate of drug-likeness (QED) is 0.223. The Morgan fingerprint density at radius 2 is 1.39 bits per heavy atom. The average Bonchev–Trinajstić information content (AvgIpc) is 2.21. The Bertz CT molecular complexity index is 249. The van der Waals surface area contributed by atoms with E-state index < -0.39 is 45.5 Å². The molecule has 0 fully saturated rings. The van der Waals surface area contributed by atoms with Gasteiger partial charge in [0.25, 0.3) is 0 Å². The van der Waals surface area contributed by atoms with Crippen molar-refractivity contribution in [3.8, 4) is 0 Å². The van der Waals surface area contributed by atoms with Crippen LogP contribution in [0.1, 0.15) is 0 Å². The van der Waals surface area contributed by atoms with Crippen LogP contribution in [0.5, 0.6) is 0 Å². The summed E-state index contributed by atoms with van der Waals surface area (Å²) in [5, 5.41) is 44.6. The van der Waals surface area contributed by atoms with Crippen molar-refractivity contribution in [2.75, 3.05) is 13.2 Å². The second-order valence-electron chi connectivity index (χ2n) is 3.04.